The zero-order chi connectivity index (χ0) is 23.5. The third kappa shape index (κ3) is 5.61. The molecule has 0 saturated carbocycles. The van der Waals surface area contributed by atoms with Crippen LogP contribution >= 0.6 is 0 Å². The van der Waals surface area contributed by atoms with Crippen LogP contribution in [0.5, 0.6) is 0 Å². The topological polar surface area (TPSA) is 90.0 Å². The number of benzene rings is 1. The van der Waals surface area contributed by atoms with Crippen molar-refractivity contribution in [3.05, 3.63) is 29.8 Å². The molecule has 2 aliphatic rings. The number of piperidine rings is 1. The second-order valence-corrected chi connectivity index (χ2v) is 11.3. The first kappa shape index (κ1) is 24.5. The van der Waals surface area contributed by atoms with Crippen molar-refractivity contribution in [2.45, 2.75) is 57.4 Å². The molecule has 1 N–H and O–H groups in total. The van der Waals surface area contributed by atoms with Gasteiger partial charge in [-0.2, -0.15) is 4.31 Å². The summed E-state index contributed by atoms with van der Waals surface area (Å²) in [6, 6.07) is 6.94. The van der Waals surface area contributed by atoms with Gasteiger partial charge in [-0.05, 0) is 36.5 Å². The molecule has 2 fully saturated rings. The SMILES string of the molecule is CC(C)C(=O)N1CCC(NC(=O)N2CCN(S(=O)(=O)c3ccc(C(C)C)cc3)CC2)CC1. The Balaban J connectivity index is 1.49. The van der Waals surface area contributed by atoms with Gasteiger partial charge in [-0.1, -0.05) is 39.8 Å². The number of carbonyl (C=O) groups is 2. The molecule has 2 aliphatic heterocycles. The number of amides is 3. The smallest absolute Gasteiger partial charge is 0.317 e. The normalized spacial score (nSPS) is 18.9. The molecule has 3 rings (SSSR count). The largest absolute Gasteiger partial charge is 0.342 e. The Morgan fingerprint density at radius 1 is 0.875 bits per heavy atom. The standard InChI is InChI=1S/C23H36N4O4S/c1-17(2)19-5-7-21(8-6-19)32(30,31)27-15-13-26(14-16-27)23(29)24-20-9-11-25(12-10-20)22(28)18(3)4/h5-8,17-18,20H,9-16H2,1-4H3,(H,24,29). The zero-order valence-corrected chi connectivity index (χ0v) is 20.4. The first-order valence-electron chi connectivity index (χ1n) is 11.5. The summed E-state index contributed by atoms with van der Waals surface area (Å²) in [7, 11) is -3.56. The van der Waals surface area contributed by atoms with Gasteiger partial charge in [-0.25, -0.2) is 13.2 Å². The van der Waals surface area contributed by atoms with Crippen molar-refractivity contribution < 1.29 is 18.0 Å². The molecule has 2 saturated heterocycles. The fourth-order valence-corrected chi connectivity index (χ4v) is 5.60. The molecule has 2 heterocycles. The number of likely N-dealkylation sites (tertiary alicyclic amines) is 1. The molecule has 8 nitrogen and oxygen atoms in total. The van der Waals surface area contributed by atoms with Crippen molar-refractivity contribution in [1.29, 1.82) is 0 Å². The molecule has 1 aromatic carbocycles. The molecule has 0 aromatic heterocycles. The highest BCUT2D eigenvalue weighted by molar-refractivity contribution is 7.89. The van der Waals surface area contributed by atoms with E-state index in [4.69, 9.17) is 0 Å². The summed E-state index contributed by atoms with van der Waals surface area (Å²) in [5.41, 5.74) is 1.10. The number of piperazine rings is 1. The molecule has 0 spiro atoms. The fraction of sp³-hybridized carbons (Fsp3) is 0.652. The van der Waals surface area contributed by atoms with E-state index in [1.807, 2.05) is 30.9 Å². The second-order valence-electron chi connectivity index (χ2n) is 9.32. The Kier molecular flexibility index (Phi) is 7.82. The van der Waals surface area contributed by atoms with Crippen LogP contribution in [0.1, 0.15) is 52.0 Å². The molecule has 1 aromatic rings. The average molecular weight is 465 g/mol. The number of hydrogen-bond acceptors (Lipinski definition) is 4. The molecule has 3 amide bonds. The van der Waals surface area contributed by atoms with E-state index in [-0.39, 0.29) is 37.0 Å². The van der Waals surface area contributed by atoms with Gasteiger partial charge in [-0.3, -0.25) is 4.79 Å². The minimum absolute atomic E-state index is 0.0122. The van der Waals surface area contributed by atoms with Crippen molar-refractivity contribution in [1.82, 2.24) is 19.4 Å². The van der Waals surface area contributed by atoms with Crippen LogP contribution in [0.4, 0.5) is 4.79 Å². The second kappa shape index (κ2) is 10.2. The van der Waals surface area contributed by atoms with Crippen molar-refractivity contribution in [3.63, 3.8) is 0 Å². The first-order chi connectivity index (χ1) is 15.1. The van der Waals surface area contributed by atoms with Crippen LogP contribution in [-0.2, 0) is 14.8 Å². The van der Waals surface area contributed by atoms with Crippen LogP contribution in [0, 0.1) is 5.92 Å². The van der Waals surface area contributed by atoms with Crippen LogP contribution in [0.15, 0.2) is 29.2 Å². The van der Waals surface area contributed by atoms with Gasteiger partial charge in [0.2, 0.25) is 15.9 Å². The van der Waals surface area contributed by atoms with Gasteiger partial charge in [-0.15, -0.1) is 0 Å². The maximum atomic E-state index is 13.0. The number of rotatable bonds is 5. The number of sulfonamides is 1. The molecular formula is C23H36N4O4S. The predicted molar refractivity (Wildman–Crippen MR) is 124 cm³/mol. The lowest BCUT2D eigenvalue weighted by Gasteiger charge is -2.37. The maximum Gasteiger partial charge on any atom is 0.317 e. The van der Waals surface area contributed by atoms with Crippen molar-refractivity contribution >= 4 is 22.0 Å². The van der Waals surface area contributed by atoms with Crippen LogP contribution in [0.2, 0.25) is 0 Å². The van der Waals surface area contributed by atoms with E-state index in [1.165, 1.54) is 4.31 Å². The summed E-state index contributed by atoms with van der Waals surface area (Å²) in [6.45, 7) is 10.5. The molecular weight excluding hydrogens is 428 g/mol. The third-order valence-electron chi connectivity index (χ3n) is 6.34. The summed E-state index contributed by atoms with van der Waals surface area (Å²) in [4.78, 5) is 28.6. The van der Waals surface area contributed by atoms with Crippen LogP contribution in [0.25, 0.3) is 0 Å². The van der Waals surface area contributed by atoms with Gasteiger partial charge in [0.25, 0.3) is 0 Å². The number of nitrogens with zero attached hydrogens (tertiary/aromatic N) is 3. The Bertz CT molecular complexity index is 898. The highest BCUT2D eigenvalue weighted by Gasteiger charge is 2.31. The highest BCUT2D eigenvalue weighted by atomic mass is 32.2. The van der Waals surface area contributed by atoms with Crippen molar-refractivity contribution in [2.75, 3.05) is 39.3 Å². The number of hydrogen-bond donors (Lipinski definition) is 1. The number of urea groups is 1. The van der Waals surface area contributed by atoms with Gasteiger partial charge >= 0.3 is 6.03 Å². The molecule has 0 bridgehead atoms. The summed E-state index contributed by atoms with van der Waals surface area (Å²) < 4.78 is 27.4. The van der Waals surface area contributed by atoms with E-state index >= 15 is 0 Å². The Morgan fingerprint density at radius 2 is 1.44 bits per heavy atom. The Labute approximate surface area is 192 Å². The van der Waals surface area contributed by atoms with E-state index in [1.54, 1.807) is 17.0 Å². The lowest BCUT2D eigenvalue weighted by atomic mass is 10.0. The summed E-state index contributed by atoms with van der Waals surface area (Å²) in [6.07, 6.45) is 1.48. The molecule has 0 unspecified atom stereocenters. The van der Waals surface area contributed by atoms with Crippen molar-refractivity contribution in [2.24, 2.45) is 5.92 Å². The fourth-order valence-electron chi connectivity index (χ4n) is 4.18. The zero-order valence-electron chi connectivity index (χ0n) is 19.6. The number of nitrogens with one attached hydrogen (secondary N) is 1. The van der Waals surface area contributed by atoms with Gasteiger partial charge in [0.1, 0.15) is 0 Å². The Morgan fingerprint density at radius 3 is 1.94 bits per heavy atom. The molecule has 9 heteroatoms. The molecule has 32 heavy (non-hydrogen) atoms. The molecule has 0 atom stereocenters. The molecule has 0 aliphatic carbocycles. The molecule has 178 valence electrons. The van der Waals surface area contributed by atoms with Crippen LogP contribution in [0.3, 0.4) is 0 Å². The lowest BCUT2D eigenvalue weighted by Crippen LogP contribution is -2.56. The van der Waals surface area contributed by atoms with E-state index < -0.39 is 10.0 Å². The van der Waals surface area contributed by atoms with E-state index in [0.717, 1.165) is 18.4 Å². The van der Waals surface area contributed by atoms with Gasteiger partial charge in [0.05, 0.1) is 4.90 Å². The molecule has 0 radical (unpaired) electrons. The monoisotopic (exact) mass is 464 g/mol. The van der Waals surface area contributed by atoms with Gasteiger partial charge in [0.15, 0.2) is 0 Å². The first-order valence-corrected chi connectivity index (χ1v) is 13.0. The van der Waals surface area contributed by atoms with Gasteiger partial charge in [0, 0.05) is 51.2 Å². The van der Waals surface area contributed by atoms with Crippen molar-refractivity contribution in [3.8, 4) is 0 Å². The van der Waals surface area contributed by atoms with E-state index in [0.29, 0.717) is 37.0 Å². The predicted octanol–water partition coefficient (Wildman–Crippen LogP) is 2.47. The van der Waals surface area contributed by atoms with Gasteiger partial charge < -0.3 is 15.1 Å². The summed E-state index contributed by atoms with van der Waals surface area (Å²) in [5.74, 6) is 0.490. The maximum absolute atomic E-state index is 13.0. The lowest BCUT2D eigenvalue weighted by molar-refractivity contribution is -0.135. The quantitative estimate of drug-likeness (QED) is 0.725. The summed E-state index contributed by atoms with van der Waals surface area (Å²) >= 11 is 0. The minimum atomic E-state index is -3.56. The summed E-state index contributed by atoms with van der Waals surface area (Å²) in [5, 5.41) is 3.06. The minimum Gasteiger partial charge on any atom is -0.342 e. The Hall–Kier alpha value is -2.13. The highest BCUT2D eigenvalue weighted by Crippen LogP contribution is 2.21. The van der Waals surface area contributed by atoms with E-state index in [2.05, 4.69) is 19.2 Å². The number of carbonyl (C=O) groups excluding carboxylic acids is 2. The van der Waals surface area contributed by atoms with E-state index in [9.17, 15) is 18.0 Å². The van der Waals surface area contributed by atoms with Crippen LogP contribution < -0.4 is 5.32 Å². The average Bonchev–Trinajstić information content (AvgIpc) is 2.79. The third-order valence-corrected chi connectivity index (χ3v) is 8.25. The van der Waals surface area contributed by atoms with Crippen LogP contribution in [-0.4, -0.2) is 79.8 Å².